The van der Waals surface area contributed by atoms with Crippen LogP contribution in [0.1, 0.15) is 32.3 Å². The van der Waals surface area contributed by atoms with Crippen LogP contribution in [-0.4, -0.2) is 23.6 Å². The Morgan fingerprint density at radius 1 is 1.33 bits per heavy atom. The Bertz CT molecular complexity index is 348. The van der Waals surface area contributed by atoms with Gasteiger partial charge in [0.1, 0.15) is 5.78 Å². The molecule has 0 saturated heterocycles. The van der Waals surface area contributed by atoms with Crippen molar-refractivity contribution in [1.29, 1.82) is 0 Å². The minimum absolute atomic E-state index is 0.0923. The number of carbonyl (C=O) groups excluding carboxylic acids is 1. The van der Waals surface area contributed by atoms with Crippen molar-refractivity contribution >= 4 is 5.78 Å². The maximum Gasteiger partial charge on any atom is 0.135 e. The summed E-state index contributed by atoms with van der Waals surface area (Å²) in [6, 6.07) is 9.83. The molecule has 0 aliphatic heterocycles. The standard InChI is InChI=1S/C15H22O3/c1-3-15(17)12(2)9-14(16)11-18-10-13-7-5-4-6-8-13/h4-8,12,14,16H,3,9-11H2,1-2H3. The maximum absolute atomic E-state index is 11.4. The van der Waals surface area contributed by atoms with E-state index in [-0.39, 0.29) is 18.3 Å². The molecule has 1 rings (SSSR count). The third kappa shape index (κ3) is 5.43. The summed E-state index contributed by atoms with van der Waals surface area (Å²) in [5, 5.41) is 9.76. The van der Waals surface area contributed by atoms with Gasteiger partial charge in [0, 0.05) is 12.3 Å². The van der Waals surface area contributed by atoms with E-state index in [4.69, 9.17) is 4.74 Å². The lowest BCUT2D eigenvalue weighted by Crippen LogP contribution is -2.22. The molecule has 1 aromatic rings. The van der Waals surface area contributed by atoms with Crippen molar-refractivity contribution in [1.82, 2.24) is 0 Å². The Morgan fingerprint density at radius 3 is 2.61 bits per heavy atom. The SMILES string of the molecule is CCC(=O)C(C)CC(O)COCc1ccccc1. The number of aliphatic hydroxyl groups is 1. The molecule has 0 amide bonds. The molecule has 0 radical (unpaired) electrons. The Balaban J connectivity index is 2.21. The molecule has 0 bridgehead atoms. The highest BCUT2D eigenvalue weighted by Crippen LogP contribution is 2.10. The van der Waals surface area contributed by atoms with Gasteiger partial charge in [-0.2, -0.15) is 0 Å². The van der Waals surface area contributed by atoms with Crippen molar-refractivity contribution in [2.24, 2.45) is 5.92 Å². The van der Waals surface area contributed by atoms with E-state index in [1.165, 1.54) is 0 Å². The van der Waals surface area contributed by atoms with Crippen LogP contribution in [0.3, 0.4) is 0 Å². The van der Waals surface area contributed by atoms with Gasteiger partial charge < -0.3 is 9.84 Å². The minimum atomic E-state index is -0.570. The molecule has 2 atom stereocenters. The highest BCUT2D eigenvalue weighted by molar-refractivity contribution is 5.80. The number of rotatable bonds is 8. The Morgan fingerprint density at radius 2 is 2.00 bits per heavy atom. The van der Waals surface area contributed by atoms with Gasteiger partial charge in [0.25, 0.3) is 0 Å². The molecule has 2 unspecified atom stereocenters. The van der Waals surface area contributed by atoms with E-state index in [1.807, 2.05) is 44.2 Å². The predicted molar refractivity (Wildman–Crippen MR) is 71.2 cm³/mol. The highest BCUT2D eigenvalue weighted by atomic mass is 16.5. The smallest absolute Gasteiger partial charge is 0.135 e. The number of hydrogen-bond acceptors (Lipinski definition) is 3. The molecule has 0 saturated carbocycles. The van der Waals surface area contributed by atoms with Crippen LogP contribution >= 0.6 is 0 Å². The van der Waals surface area contributed by atoms with Crippen LogP contribution in [0, 0.1) is 5.92 Å². The predicted octanol–water partition coefficient (Wildman–Crippen LogP) is 2.57. The van der Waals surface area contributed by atoms with Gasteiger partial charge in [0.05, 0.1) is 19.3 Å². The van der Waals surface area contributed by atoms with Crippen LogP contribution in [0.5, 0.6) is 0 Å². The monoisotopic (exact) mass is 250 g/mol. The fourth-order valence-electron chi connectivity index (χ4n) is 1.84. The topological polar surface area (TPSA) is 46.5 Å². The first-order valence-electron chi connectivity index (χ1n) is 6.46. The number of aliphatic hydroxyl groups excluding tert-OH is 1. The van der Waals surface area contributed by atoms with Crippen LogP contribution < -0.4 is 0 Å². The van der Waals surface area contributed by atoms with Crippen LogP contribution in [0.4, 0.5) is 0 Å². The molecule has 1 aromatic carbocycles. The second-order valence-corrected chi connectivity index (χ2v) is 4.61. The molecule has 1 N–H and O–H groups in total. The van der Waals surface area contributed by atoms with E-state index in [0.29, 0.717) is 19.4 Å². The average molecular weight is 250 g/mol. The molecule has 100 valence electrons. The number of ether oxygens (including phenoxy) is 1. The number of hydrogen-bond donors (Lipinski definition) is 1. The van der Waals surface area contributed by atoms with E-state index in [1.54, 1.807) is 0 Å². The van der Waals surface area contributed by atoms with Crippen LogP contribution in [0.2, 0.25) is 0 Å². The lowest BCUT2D eigenvalue weighted by Gasteiger charge is -2.15. The molecule has 0 aromatic heterocycles. The quantitative estimate of drug-likeness (QED) is 0.771. The van der Waals surface area contributed by atoms with Crippen molar-refractivity contribution in [3.05, 3.63) is 35.9 Å². The molecular formula is C15H22O3. The van der Waals surface area contributed by atoms with Crippen LogP contribution in [0.15, 0.2) is 30.3 Å². The molecule has 3 nitrogen and oxygen atoms in total. The van der Waals surface area contributed by atoms with E-state index in [0.717, 1.165) is 5.56 Å². The summed E-state index contributed by atoms with van der Waals surface area (Å²) in [4.78, 5) is 11.4. The summed E-state index contributed by atoms with van der Waals surface area (Å²) >= 11 is 0. The van der Waals surface area contributed by atoms with Crippen molar-refractivity contribution in [3.8, 4) is 0 Å². The largest absolute Gasteiger partial charge is 0.391 e. The second kappa shape index (κ2) is 8.01. The summed E-state index contributed by atoms with van der Waals surface area (Å²) in [5.74, 6) is 0.0995. The normalized spacial score (nSPS) is 14.2. The lowest BCUT2D eigenvalue weighted by molar-refractivity contribution is -0.123. The zero-order valence-corrected chi connectivity index (χ0v) is 11.1. The van der Waals surface area contributed by atoms with Gasteiger partial charge in [-0.1, -0.05) is 44.2 Å². The summed E-state index contributed by atoms with van der Waals surface area (Å²) < 4.78 is 5.43. The van der Waals surface area contributed by atoms with Crippen molar-refractivity contribution < 1.29 is 14.6 Å². The zero-order chi connectivity index (χ0) is 13.4. The first-order valence-corrected chi connectivity index (χ1v) is 6.46. The van der Waals surface area contributed by atoms with Gasteiger partial charge in [-0.25, -0.2) is 0 Å². The van der Waals surface area contributed by atoms with E-state index in [9.17, 15) is 9.90 Å². The van der Waals surface area contributed by atoms with Crippen LogP contribution in [-0.2, 0) is 16.1 Å². The molecule has 0 heterocycles. The van der Waals surface area contributed by atoms with Gasteiger partial charge in [-0.3, -0.25) is 4.79 Å². The fraction of sp³-hybridized carbons (Fsp3) is 0.533. The van der Waals surface area contributed by atoms with E-state index < -0.39 is 6.10 Å². The zero-order valence-electron chi connectivity index (χ0n) is 11.1. The Hall–Kier alpha value is -1.19. The molecule has 0 aliphatic carbocycles. The van der Waals surface area contributed by atoms with Gasteiger partial charge in [-0.05, 0) is 12.0 Å². The maximum atomic E-state index is 11.4. The Kier molecular flexibility index (Phi) is 6.61. The minimum Gasteiger partial charge on any atom is -0.391 e. The second-order valence-electron chi connectivity index (χ2n) is 4.61. The number of ketones is 1. The van der Waals surface area contributed by atoms with Crippen LogP contribution in [0.25, 0.3) is 0 Å². The molecule has 18 heavy (non-hydrogen) atoms. The highest BCUT2D eigenvalue weighted by Gasteiger charge is 2.15. The number of carbonyl (C=O) groups is 1. The van der Waals surface area contributed by atoms with Gasteiger partial charge in [-0.15, -0.1) is 0 Å². The molecule has 3 heteroatoms. The van der Waals surface area contributed by atoms with Crippen molar-refractivity contribution in [2.75, 3.05) is 6.61 Å². The van der Waals surface area contributed by atoms with Gasteiger partial charge in [0.2, 0.25) is 0 Å². The average Bonchev–Trinajstić information content (AvgIpc) is 2.38. The van der Waals surface area contributed by atoms with E-state index >= 15 is 0 Å². The van der Waals surface area contributed by atoms with Crippen molar-refractivity contribution in [3.63, 3.8) is 0 Å². The van der Waals surface area contributed by atoms with E-state index in [2.05, 4.69) is 0 Å². The van der Waals surface area contributed by atoms with Crippen molar-refractivity contribution in [2.45, 2.75) is 39.4 Å². The summed E-state index contributed by atoms with van der Waals surface area (Å²) in [6.07, 6.45) is 0.430. The van der Waals surface area contributed by atoms with Gasteiger partial charge in [0.15, 0.2) is 0 Å². The molecule has 0 fully saturated rings. The summed E-state index contributed by atoms with van der Waals surface area (Å²) in [7, 11) is 0. The third-order valence-electron chi connectivity index (χ3n) is 2.95. The summed E-state index contributed by atoms with van der Waals surface area (Å²) in [5.41, 5.74) is 1.09. The first kappa shape index (κ1) is 14.9. The molecule has 0 aliphatic rings. The first-order chi connectivity index (χ1) is 8.63. The Labute approximate surface area is 109 Å². The summed E-state index contributed by atoms with van der Waals surface area (Å²) in [6.45, 7) is 4.47. The lowest BCUT2D eigenvalue weighted by atomic mass is 9.98. The number of benzene rings is 1. The van der Waals surface area contributed by atoms with Gasteiger partial charge >= 0.3 is 0 Å². The number of Topliss-reactive ketones (excluding diaryl/α,β-unsaturated/α-hetero) is 1. The molecular weight excluding hydrogens is 228 g/mol. The third-order valence-corrected chi connectivity index (χ3v) is 2.95. The fourth-order valence-corrected chi connectivity index (χ4v) is 1.84. The molecule has 0 spiro atoms.